The maximum Gasteiger partial charge on any atom is 0.417 e. The molecular weight excluding hydrogens is 1030 g/mol. The van der Waals surface area contributed by atoms with Crippen molar-refractivity contribution in [2.24, 2.45) is 0 Å². The first-order valence-electron chi connectivity index (χ1n) is 23.0. The van der Waals surface area contributed by atoms with E-state index in [-0.39, 0.29) is 71.6 Å². The number of hydrogen-bond donors (Lipinski definition) is 2. The molecule has 4 heterocycles. The molecule has 0 bridgehead atoms. The van der Waals surface area contributed by atoms with E-state index in [1.165, 1.54) is 23.1 Å². The predicted molar refractivity (Wildman–Crippen MR) is 269 cm³/mol. The van der Waals surface area contributed by atoms with E-state index in [2.05, 4.69) is 20.3 Å². The number of aliphatic hydroxyl groups is 1. The number of nitrogens with zero attached hydrogens (tertiary/aromatic N) is 10. The van der Waals surface area contributed by atoms with Crippen LogP contribution in [0.5, 0.6) is 11.8 Å². The van der Waals surface area contributed by atoms with Crippen molar-refractivity contribution >= 4 is 97.0 Å². The minimum Gasteiger partial charge on any atom is -0.475 e. The topological polar surface area (TPSA) is 206 Å². The number of hydrogen-bond acceptors (Lipinski definition) is 15. The van der Waals surface area contributed by atoms with Crippen LogP contribution >= 0.6 is 24.4 Å². The number of nitrogens with one attached hydrogen (secondary N) is 1. The van der Waals surface area contributed by atoms with Gasteiger partial charge in [-0.25, -0.2) is 9.97 Å². The highest BCUT2D eigenvalue weighted by atomic mass is 32.1. The molecule has 2 saturated heterocycles. The number of rotatable bonds is 14. The molecule has 17 nitrogen and oxygen atoms in total. The summed E-state index contributed by atoms with van der Waals surface area (Å²) in [6, 6.07) is 18.9. The van der Waals surface area contributed by atoms with E-state index in [0.29, 0.717) is 52.4 Å². The van der Waals surface area contributed by atoms with Gasteiger partial charge in [0.05, 0.1) is 80.8 Å². The number of aromatic nitrogens is 4. The molecule has 9 rings (SSSR count). The van der Waals surface area contributed by atoms with Crippen LogP contribution < -0.4 is 34.4 Å². The molecule has 75 heavy (non-hydrogen) atoms. The summed E-state index contributed by atoms with van der Waals surface area (Å²) >= 11 is 11.6. The Morgan fingerprint density at radius 1 is 0.707 bits per heavy atom. The fourth-order valence-electron chi connectivity index (χ4n) is 9.24. The Kier molecular flexibility index (Phi) is 13.5. The summed E-state index contributed by atoms with van der Waals surface area (Å²) in [5.74, 6) is -0.540. The number of thiocarbonyl (C=S) groups is 2. The van der Waals surface area contributed by atoms with E-state index in [4.69, 9.17) is 43.6 Å². The molecule has 1 aliphatic carbocycles. The molecule has 2 N–H and O–H groups in total. The molecule has 3 aliphatic rings. The minimum absolute atomic E-state index is 0.0334. The number of carbonyl (C=O) groups is 2. The predicted octanol–water partition coefficient (Wildman–Crippen LogP) is 8.90. The summed E-state index contributed by atoms with van der Waals surface area (Å²) in [6.45, 7) is 4.22. The number of alkyl halides is 6. The van der Waals surface area contributed by atoms with Crippen molar-refractivity contribution in [2.45, 2.75) is 69.6 Å². The molecule has 0 radical (unpaired) electrons. The van der Waals surface area contributed by atoms with Crippen LogP contribution in [0, 0.1) is 22.7 Å². The summed E-state index contributed by atoms with van der Waals surface area (Å²) in [4.78, 5) is 51.7. The van der Waals surface area contributed by atoms with Crippen molar-refractivity contribution in [3.63, 3.8) is 0 Å². The van der Waals surface area contributed by atoms with Crippen LogP contribution in [0.3, 0.4) is 0 Å². The third-order valence-electron chi connectivity index (χ3n) is 13.1. The molecule has 2 aromatic heterocycles. The lowest BCUT2D eigenvalue weighted by atomic mass is 9.75. The minimum atomic E-state index is -4.88. The molecule has 1 unspecified atom stereocenters. The van der Waals surface area contributed by atoms with Crippen molar-refractivity contribution < 1.29 is 55.2 Å². The number of fused-ring (bicyclic) bond motifs is 2. The second-order valence-corrected chi connectivity index (χ2v) is 18.7. The van der Waals surface area contributed by atoms with Crippen LogP contribution in [0.4, 0.5) is 55.0 Å². The number of nitriles is 2. The largest absolute Gasteiger partial charge is 0.475 e. The normalized spacial score (nSPS) is 16.7. The van der Waals surface area contributed by atoms with Crippen molar-refractivity contribution in [3.05, 3.63) is 101 Å². The van der Waals surface area contributed by atoms with Gasteiger partial charge in [0.25, 0.3) is 11.8 Å². The van der Waals surface area contributed by atoms with Gasteiger partial charge in [-0.3, -0.25) is 19.4 Å². The average Bonchev–Trinajstić information content (AvgIpc) is 3.81. The van der Waals surface area contributed by atoms with Gasteiger partial charge in [-0.2, -0.15) is 46.8 Å². The van der Waals surface area contributed by atoms with Gasteiger partial charge in [-0.05, 0) is 137 Å². The van der Waals surface area contributed by atoms with Crippen molar-refractivity contribution in [1.29, 1.82) is 10.5 Å². The Bertz CT molecular complexity index is 3450. The lowest BCUT2D eigenvalue weighted by molar-refractivity contribution is -0.138. The Morgan fingerprint density at radius 3 is 1.73 bits per heavy atom. The Balaban J connectivity index is 0.944. The number of halogens is 6. The van der Waals surface area contributed by atoms with Crippen LogP contribution in [-0.2, 0) is 26.7 Å². The first-order valence-corrected chi connectivity index (χ1v) is 23.8. The molecule has 4 aromatic carbocycles. The fourth-order valence-corrected chi connectivity index (χ4v) is 10.2. The quantitative estimate of drug-likeness (QED) is 0.0593. The summed E-state index contributed by atoms with van der Waals surface area (Å²) in [5.41, 5.74) is -4.89. The molecule has 386 valence electrons. The molecule has 1 atom stereocenters. The highest BCUT2D eigenvalue weighted by Crippen LogP contribution is 2.49. The first kappa shape index (κ1) is 52.0. The highest BCUT2D eigenvalue weighted by Gasteiger charge is 2.60. The number of benzene rings is 4. The SMILES string of the molecule is CNc1nc(OCCOC(C)c2nc(OCCO)c3cc(N4C(=S)N(c5ccc(C#N)c(C(F)(F)F)c5)C(=O)C45CCC5)ccc3n2)c2cc(N3C(=S)N(c4ccc(C#N)c(C(F)(F)F)c4)C(=O)C3(C)C)ccc2n1. The molecule has 3 fully saturated rings. The van der Waals surface area contributed by atoms with Crippen molar-refractivity contribution in [2.75, 3.05) is 58.4 Å². The van der Waals surface area contributed by atoms with Crippen molar-refractivity contribution in [1.82, 2.24) is 19.9 Å². The standard InChI is InChI=1S/C50H41F6N11O6S2/c1-26(39-60-37-12-11-32(21-33(37)40(62-39)72-17-16-68)67-46(75)65(43(70)48(67)14-5-15-48)30-9-7-28(25-58)36(23-30)50(54,55)56)71-18-19-73-41-34-20-31(10-13-38(34)61-44(59-4)63-41)66-45(74)64(42(69)47(66,2)3)29-8-6-27(24-57)35(22-29)49(51,52)53/h6-13,20-23,26,68H,5,14-19H2,1-4H3,(H,59,61,63). The molecule has 1 spiro atoms. The van der Waals surface area contributed by atoms with E-state index in [0.717, 1.165) is 34.1 Å². The summed E-state index contributed by atoms with van der Waals surface area (Å²) in [6.07, 6.45) is -9.14. The Labute approximate surface area is 433 Å². The third kappa shape index (κ3) is 9.08. The number of aliphatic hydroxyl groups excluding tert-OH is 1. The van der Waals surface area contributed by atoms with Crippen LogP contribution in [-0.4, -0.2) is 91.6 Å². The molecule has 2 aliphatic heterocycles. The zero-order chi connectivity index (χ0) is 53.9. The second-order valence-electron chi connectivity index (χ2n) is 18.0. The summed E-state index contributed by atoms with van der Waals surface area (Å²) < 4.78 is 102. The first-order chi connectivity index (χ1) is 35.6. The van der Waals surface area contributed by atoms with E-state index in [1.54, 1.807) is 75.2 Å². The Hall–Kier alpha value is -7.84. The van der Waals surface area contributed by atoms with Gasteiger partial charge in [-0.15, -0.1) is 0 Å². The lowest BCUT2D eigenvalue weighted by Gasteiger charge is -2.43. The van der Waals surface area contributed by atoms with Crippen LogP contribution in [0.25, 0.3) is 21.8 Å². The van der Waals surface area contributed by atoms with E-state index < -0.39 is 63.6 Å². The highest BCUT2D eigenvalue weighted by molar-refractivity contribution is 7.81. The lowest BCUT2D eigenvalue weighted by Crippen LogP contribution is -2.55. The van der Waals surface area contributed by atoms with E-state index >= 15 is 0 Å². The van der Waals surface area contributed by atoms with E-state index in [1.807, 2.05) is 0 Å². The molecule has 1 saturated carbocycles. The van der Waals surface area contributed by atoms with E-state index in [9.17, 15) is 51.6 Å². The average molecular weight is 1070 g/mol. The zero-order valence-electron chi connectivity index (χ0n) is 40.0. The monoisotopic (exact) mass is 1070 g/mol. The van der Waals surface area contributed by atoms with Gasteiger partial charge in [0.1, 0.15) is 30.4 Å². The Morgan fingerprint density at radius 2 is 1.21 bits per heavy atom. The smallest absolute Gasteiger partial charge is 0.417 e. The van der Waals surface area contributed by atoms with Crippen LogP contribution in [0.1, 0.15) is 74.2 Å². The van der Waals surface area contributed by atoms with Crippen LogP contribution in [0.15, 0.2) is 72.8 Å². The molecule has 6 aromatic rings. The molecule has 2 amide bonds. The maximum absolute atomic E-state index is 14.2. The molecular formula is C50H41F6N11O6S2. The van der Waals surface area contributed by atoms with Gasteiger partial charge in [0.2, 0.25) is 17.7 Å². The number of carbonyl (C=O) groups excluding carboxylic acids is 2. The van der Waals surface area contributed by atoms with Gasteiger partial charge in [0, 0.05) is 18.4 Å². The maximum atomic E-state index is 14.2. The van der Waals surface area contributed by atoms with Gasteiger partial charge in [0.15, 0.2) is 16.0 Å². The van der Waals surface area contributed by atoms with Crippen molar-refractivity contribution in [3.8, 4) is 23.9 Å². The van der Waals surface area contributed by atoms with Gasteiger partial charge >= 0.3 is 12.4 Å². The third-order valence-corrected chi connectivity index (χ3v) is 13.8. The number of anilines is 5. The number of amides is 2. The van der Waals surface area contributed by atoms with Gasteiger partial charge < -0.3 is 34.4 Å². The fraction of sp³-hybridized carbons (Fsp3) is 0.320. The summed E-state index contributed by atoms with van der Waals surface area (Å²) in [5, 5.41) is 31.9. The number of ether oxygens (including phenoxy) is 3. The molecule has 25 heteroatoms. The van der Waals surface area contributed by atoms with Crippen LogP contribution in [0.2, 0.25) is 0 Å². The second kappa shape index (κ2) is 19.5. The van der Waals surface area contributed by atoms with Gasteiger partial charge in [-0.1, -0.05) is 0 Å². The summed E-state index contributed by atoms with van der Waals surface area (Å²) in [7, 11) is 1.62. The zero-order valence-corrected chi connectivity index (χ0v) is 41.6.